The first kappa shape index (κ1) is 15.5. The number of para-hydroxylation sites is 1. The van der Waals surface area contributed by atoms with Crippen molar-refractivity contribution >= 4 is 29.0 Å². The number of nitrogens with one attached hydrogen (secondary N) is 1. The molecular formula is C18H16N4O2. The van der Waals surface area contributed by atoms with E-state index in [2.05, 4.69) is 15.3 Å². The van der Waals surface area contributed by atoms with Crippen molar-refractivity contribution in [3.05, 3.63) is 72.6 Å². The van der Waals surface area contributed by atoms with Gasteiger partial charge in [0.25, 0.3) is 0 Å². The van der Waals surface area contributed by atoms with Crippen LogP contribution in [0.2, 0.25) is 0 Å². The molecule has 3 aromatic rings. The Labute approximate surface area is 139 Å². The van der Waals surface area contributed by atoms with E-state index in [1.165, 1.54) is 6.33 Å². The molecule has 120 valence electrons. The number of benzene rings is 2. The van der Waals surface area contributed by atoms with E-state index in [0.717, 1.165) is 11.5 Å². The van der Waals surface area contributed by atoms with Crippen LogP contribution in [0.1, 0.15) is 10.4 Å². The number of hydrogen-bond donors (Lipinski definition) is 2. The lowest BCUT2D eigenvalue weighted by Gasteiger charge is -2.18. The fraction of sp³-hybridized carbons (Fsp3) is 0.0556. The van der Waals surface area contributed by atoms with Crippen molar-refractivity contribution < 1.29 is 9.90 Å². The Kier molecular flexibility index (Phi) is 4.38. The molecule has 3 rings (SSSR count). The molecular weight excluding hydrogens is 304 g/mol. The minimum Gasteiger partial charge on any atom is -0.478 e. The van der Waals surface area contributed by atoms with Crippen LogP contribution in [0.15, 0.2) is 67.0 Å². The minimum atomic E-state index is -0.967. The smallest absolute Gasteiger partial charge is 0.335 e. The van der Waals surface area contributed by atoms with Crippen molar-refractivity contribution in [3.8, 4) is 0 Å². The van der Waals surface area contributed by atoms with Gasteiger partial charge >= 0.3 is 5.97 Å². The van der Waals surface area contributed by atoms with Gasteiger partial charge in [0.05, 0.1) is 5.56 Å². The third kappa shape index (κ3) is 3.49. The maximum atomic E-state index is 11.0. The molecule has 2 N–H and O–H groups in total. The predicted molar refractivity (Wildman–Crippen MR) is 93.2 cm³/mol. The molecule has 0 aliphatic rings. The Morgan fingerprint density at radius 1 is 1.04 bits per heavy atom. The fourth-order valence-electron chi connectivity index (χ4n) is 2.26. The van der Waals surface area contributed by atoms with E-state index in [9.17, 15) is 4.79 Å². The SMILES string of the molecule is CN(c1ccccc1)c1cc(Nc2cccc(C(=O)O)c2)ncn1. The molecule has 0 saturated heterocycles. The van der Waals surface area contributed by atoms with Crippen molar-refractivity contribution in [1.29, 1.82) is 0 Å². The second-order valence-electron chi connectivity index (χ2n) is 5.17. The lowest BCUT2D eigenvalue weighted by molar-refractivity contribution is 0.0697. The van der Waals surface area contributed by atoms with E-state index in [0.29, 0.717) is 11.5 Å². The van der Waals surface area contributed by atoms with Gasteiger partial charge in [0.1, 0.15) is 18.0 Å². The molecule has 0 unspecified atom stereocenters. The Hall–Kier alpha value is -3.41. The number of anilines is 4. The first-order valence-electron chi connectivity index (χ1n) is 7.35. The number of carboxylic acid groups (broad SMARTS) is 1. The maximum absolute atomic E-state index is 11.0. The molecule has 1 aromatic heterocycles. The summed E-state index contributed by atoms with van der Waals surface area (Å²) in [5.74, 6) is 0.351. The molecule has 0 bridgehead atoms. The number of nitrogens with zero attached hydrogens (tertiary/aromatic N) is 3. The van der Waals surface area contributed by atoms with Gasteiger partial charge < -0.3 is 15.3 Å². The summed E-state index contributed by atoms with van der Waals surface area (Å²) in [5, 5.41) is 12.2. The minimum absolute atomic E-state index is 0.218. The molecule has 1 heterocycles. The summed E-state index contributed by atoms with van der Waals surface area (Å²) in [6.07, 6.45) is 1.47. The van der Waals surface area contributed by atoms with Gasteiger partial charge in [-0.15, -0.1) is 0 Å². The number of aromatic carboxylic acids is 1. The number of rotatable bonds is 5. The molecule has 0 fully saturated rings. The second kappa shape index (κ2) is 6.78. The van der Waals surface area contributed by atoms with Gasteiger partial charge in [0.15, 0.2) is 0 Å². The fourth-order valence-corrected chi connectivity index (χ4v) is 2.26. The highest BCUT2D eigenvalue weighted by Gasteiger charge is 2.08. The zero-order valence-corrected chi connectivity index (χ0v) is 13.0. The summed E-state index contributed by atoms with van der Waals surface area (Å²) >= 11 is 0. The Bertz CT molecular complexity index is 852. The molecule has 2 aromatic carbocycles. The first-order valence-corrected chi connectivity index (χ1v) is 7.35. The van der Waals surface area contributed by atoms with Crippen LogP contribution >= 0.6 is 0 Å². The standard InChI is InChI=1S/C18H16N4O2/c1-22(15-8-3-2-4-9-15)17-11-16(19-12-20-17)21-14-7-5-6-13(10-14)18(23)24/h2-12H,1H3,(H,23,24)(H,19,20,21). The Morgan fingerprint density at radius 2 is 1.83 bits per heavy atom. The van der Waals surface area contributed by atoms with Crippen LogP contribution in [0.5, 0.6) is 0 Å². The summed E-state index contributed by atoms with van der Waals surface area (Å²) in [6.45, 7) is 0. The third-order valence-corrected chi connectivity index (χ3v) is 3.52. The van der Waals surface area contributed by atoms with Gasteiger partial charge in [-0.2, -0.15) is 0 Å². The zero-order valence-electron chi connectivity index (χ0n) is 13.0. The van der Waals surface area contributed by atoms with E-state index in [4.69, 9.17) is 5.11 Å². The Balaban J connectivity index is 1.83. The molecule has 0 aliphatic carbocycles. The van der Waals surface area contributed by atoms with E-state index < -0.39 is 5.97 Å². The summed E-state index contributed by atoms with van der Waals surface area (Å²) in [7, 11) is 1.92. The van der Waals surface area contributed by atoms with Gasteiger partial charge in [0.2, 0.25) is 0 Å². The van der Waals surface area contributed by atoms with Crippen molar-refractivity contribution in [1.82, 2.24) is 9.97 Å². The summed E-state index contributed by atoms with van der Waals surface area (Å²) in [6, 6.07) is 18.2. The van der Waals surface area contributed by atoms with Gasteiger partial charge in [-0.25, -0.2) is 14.8 Å². The highest BCUT2D eigenvalue weighted by Crippen LogP contribution is 2.24. The Morgan fingerprint density at radius 3 is 2.58 bits per heavy atom. The van der Waals surface area contributed by atoms with E-state index in [-0.39, 0.29) is 5.56 Å². The summed E-state index contributed by atoms with van der Waals surface area (Å²) in [5.41, 5.74) is 1.88. The summed E-state index contributed by atoms with van der Waals surface area (Å²) in [4.78, 5) is 21.5. The molecule has 0 amide bonds. The average Bonchev–Trinajstić information content (AvgIpc) is 2.62. The normalized spacial score (nSPS) is 10.2. The van der Waals surface area contributed by atoms with Gasteiger partial charge in [-0.1, -0.05) is 24.3 Å². The maximum Gasteiger partial charge on any atom is 0.335 e. The van der Waals surface area contributed by atoms with Gasteiger partial charge in [0, 0.05) is 24.5 Å². The van der Waals surface area contributed by atoms with E-state index in [1.54, 1.807) is 30.3 Å². The topological polar surface area (TPSA) is 78.4 Å². The molecule has 0 saturated carbocycles. The van der Waals surface area contributed by atoms with Gasteiger partial charge in [-0.3, -0.25) is 0 Å². The van der Waals surface area contributed by atoms with Crippen molar-refractivity contribution in [2.24, 2.45) is 0 Å². The number of aromatic nitrogens is 2. The lowest BCUT2D eigenvalue weighted by Crippen LogP contribution is -2.11. The molecule has 6 heteroatoms. The second-order valence-corrected chi connectivity index (χ2v) is 5.17. The highest BCUT2D eigenvalue weighted by atomic mass is 16.4. The number of carbonyl (C=O) groups is 1. The van der Waals surface area contributed by atoms with Crippen LogP contribution in [-0.2, 0) is 0 Å². The lowest BCUT2D eigenvalue weighted by atomic mass is 10.2. The summed E-state index contributed by atoms with van der Waals surface area (Å²) < 4.78 is 0. The van der Waals surface area contributed by atoms with Crippen LogP contribution in [0.3, 0.4) is 0 Å². The van der Waals surface area contributed by atoms with E-state index in [1.807, 2.05) is 42.3 Å². The van der Waals surface area contributed by atoms with Crippen molar-refractivity contribution in [2.45, 2.75) is 0 Å². The quantitative estimate of drug-likeness (QED) is 0.746. The highest BCUT2D eigenvalue weighted by molar-refractivity contribution is 5.89. The molecule has 0 spiro atoms. The van der Waals surface area contributed by atoms with Crippen LogP contribution in [-0.4, -0.2) is 28.1 Å². The molecule has 0 atom stereocenters. The number of carboxylic acids is 1. The monoisotopic (exact) mass is 320 g/mol. The average molecular weight is 320 g/mol. The van der Waals surface area contributed by atoms with Crippen LogP contribution in [0, 0.1) is 0 Å². The van der Waals surface area contributed by atoms with Crippen molar-refractivity contribution in [3.63, 3.8) is 0 Å². The number of hydrogen-bond acceptors (Lipinski definition) is 5. The molecule has 6 nitrogen and oxygen atoms in total. The first-order chi connectivity index (χ1) is 11.6. The molecule has 0 aliphatic heterocycles. The van der Waals surface area contributed by atoms with Crippen LogP contribution in [0.4, 0.5) is 23.0 Å². The largest absolute Gasteiger partial charge is 0.478 e. The zero-order chi connectivity index (χ0) is 16.9. The predicted octanol–water partition coefficient (Wildman–Crippen LogP) is 3.69. The van der Waals surface area contributed by atoms with Crippen LogP contribution in [0.25, 0.3) is 0 Å². The molecule has 0 radical (unpaired) electrons. The van der Waals surface area contributed by atoms with Crippen molar-refractivity contribution in [2.75, 3.05) is 17.3 Å². The molecule has 24 heavy (non-hydrogen) atoms. The van der Waals surface area contributed by atoms with Crippen LogP contribution < -0.4 is 10.2 Å². The van der Waals surface area contributed by atoms with E-state index >= 15 is 0 Å². The third-order valence-electron chi connectivity index (χ3n) is 3.52. The van der Waals surface area contributed by atoms with Gasteiger partial charge in [-0.05, 0) is 30.3 Å².